The van der Waals surface area contributed by atoms with E-state index in [9.17, 15) is 4.79 Å². The third-order valence-electron chi connectivity index (χ3n) is 5.36. The van der Waals surface area contributed by atoms with Crippen molar-refractivity contribution >= 4 is 34.5 Å². The van der Waals surface area contributed by atoms with Crippen molar-refractivity contribution in [1.29, 1.82) is 0 Å². The molecule has 1 aliphatic rings. The molecule has 10 heteroatoms. The molecular formula is C22H28ClN7O2. The number of aryl methyl sites for hydroxylation is 1. The normalized spacial score (nSPS) is 14.4. The lowest BCUT2D eigenvalue weighted by Crippen LogP contribution is -2.53. The summed E-state index contributed by atoms with van der Waals surface area (Å²) in [5.74, 6) is 1.38. The predicted molar refractivity (Wildman–Crippen MR) is 125 cm³/mol. The SMILES string of the molecule is COCc1nc(N2CCN(C(=O)NC(C)C)CC2)c2c(C)nn(-c3ccccc3Cl)c2n1. The van der Waals surface area contributed by atoms with Crippen LogP contribution in [0.1, 0.15) is 25.4 Å². The zero-order valence-corrected chi connectivity index (χ0v) is 19.6. The highest BCUT2D eigenvalue weighted by Crippen LogP contribution is 2.31. The van der Waals surface area contributed by atoms with Gasteiger partial charge in [0.2, 0.25) is 0 Å². The van der Waals surface area contributed by atoms with Crippen molar-refractivity contribution in [2.75, 3.05) is 38.2 Å². The van der Waals surface area contributed by atoms with Crippen LogP contribution in [0.15, 0.2) is 24.3 Å². The van der Waals surface area contributed by atoms with Crippen LogP contribution in [-0.2, 0) is 11.3 Å². The Morgan fingerprint density at radius 2 is 1.91 bits per heavy atom. The van der Waals surface area contributed by atoms with Gasteiger partial charge in [0.25, 0.3) is 0 Å². The van der Waals surface area contributed by atoms with Gasteiger partial charge in [0.15, 0.2) is 11.5 Å². The van der Waals surface area contributed by atoms with E-state index >= 15 is 0 Å². The van der Waals surface area contributed by atoms with Gasteiger partial charge >= 0.3 is 6.03 Å². The maximum Gasteiger partial charge on any atom is 0.317 e. The topological polar surface area (TPSA) is 88.4 Å². The van der Waals surface area contributed by atoms with E-state index < -0.39 is 0 Å². The summed E-state index contributed by atoms with van der Waals surface area (Å²) < 4.78 is 7.09. The smallest absolute Gasteiger partial charge is 0.317 e. The number of halogens is 1. The summed E-state index contributed by atoms with van der Waals surface area (Å²) in [6.07, 6.45) is 0. The largest absolute Gasteiger partial charge is 0.377 e. The third kappa shape index (κ3) is 4.35. The number of carbonyl (C=O) groups is 1. The lowest BCUT2D eigenvalue weighted by molar-refractivity contribution is 0.178. The number of nitrogens with zero attached hydrogens (tertiary/aromatic N) is 6. The van der Waals surface area contributed by atoms with Gasteiger partial charge in [0, 0.05) is 39.3 Å². The summed E-state index contributed by atoms with van der Waals surface area (Å²) in [6, 6.07) is 7.63. The number of amides is 2. The molecule has 0 atom stereocenters. The monoisotopic (exact) mass is 457 g/mol. The highest BCUT2D eigenvalue weighted by molar-refractivity contribution is 6.32. The van der Waals surface area contributed by atoms with Crippen molar-refractivity contribution in [1.82, 2.24) is 30.0 Å². The fourth-order valence-electron chi connectivity index (χ4n) is 3.88. The second-order valence-corrected chi connectivity index (χ2v) is 8.53. The van der Waals surface area contributed by atoms with Gasteiger partial charge in [-0.3, -0.25) is 0 Å². The molecule has 1 fully saturated rings. The summed E-state index contributed by atoms with van der Waals surface area (Å²) in [4.78, 5) is 26.0. The van der Waals surface area contributed by atoms with Crippen LogP contribution in [0.3, 0.4) is 0 Å². The van der Waals surface area contributed by atoms with E-state index in [1.165, 1.54) is 0 Å². The van der Waals surface area contributed by atoms with E-state index in [0.717, 1.165) is 22.6 Å². The Morgan fingerprint density at radius 3 is 2.56 bits per heavy atom. The summed E-state index contributed by atoms with van der Waals surface area (Å²) in [5.41, 5.74) is 2.27. The molecule has 32 heavy (non-hydrogen) atoms. The number of para-hydroxylation sites is 1. The molecule has 1 saturated heterocycles. The number of anilines is 1. The first-order chi connectivity index (χ1) is 15.4. The average molecular weight is 458 g/mol. The van der Waals surface area contributed by atoms with Crippen LogP contribution in [-0.4, -0.2) is 70.0 Å². The van der Waals surface area contributed by atoms with E-state index in [1.54, 1.807) is 11.8 Å². The van der Waals surface area contributed by atoms with Gasteiger partial charge in [-0.05, 0) is 32.9 Å². The van der Waals surface area contributed by atoms with E-state index in [0.29, 0.717) is 42.7 Å². The number of benzene rings is 1. The van der Waals surface area contributed by atoms with Crippen LogP contribution >= 0.6 is 11.6 Å². The molecule has 3 aromatic rings. The minimum absolute atomic E-state index is 0.0322. The highest BCUT2D eigenvalue weighted by Gasteiger charge is 2.26. The molecule has 0 unspecified atom stereocenters. The molecule has 0 radical (unpaired) electrons. The molecule has 3 heterocycles. The van der Waals surface area contributed by atoms with Crippen LogP contribution in [0, 0.1) is 6.92 Å². The number of hydrogen-bond donors (Lipinski definition) is 1. The Kier molecular flexibility index (Phi) is 6.48. The number of urea groups is 1. The maximum atomic E-state index is 12.4. The predicted octanol–water partition coefficient (Wildman–Crippen LogP) is 3.16. The highest BCUT2D eigenvalue weighted by atomic mass is 35.5. The van der Waals surface area contributed by atoms with Crippen molar-refractivity contribution < 1.29 is 9.53 Å². The molecule has 0 bridgehead atoms. The van der Waals surface area contributed by atoms with Crippen LogP contribution in [0.4, 0.5) is 10.6 Å². The van der Waals surface area contributed by atoms with Gasteiger partial charge in [0.1, 0.15) is 12.4 Å². The molecule has 0 spiro atoms. The zero-order chi connectivity index (χ0) is 22.8. The molecule has 2 aromatic heterocycles. The first kappa shape index (κ1) is 22.3. The number of methoxy groups -OCH3 is 1. The summed E-state index contributed by atoms with van der Waals surface area (Å²) in [6.45, 7) is 8.71. The average Bonchev–Trinajstić information content (AvgIpc) is 3.09. The molecule has 1 aliphatic heterocycles. The minimum atomic E-state index is -0.0322. The second-order valence-electron chi connectivity index (χ2n) is 8.12. The van der Waals surface area contributed by atoms with Gasteiger partial charge < -0.3 is 19.9 Å². The molecule has 170 valence electrons. The van der Waals surface area contributed by atoms with Gasteiger partial charge in [-0.2, -0.15) is 5.10 Å². The van der Waals surface area contributed by atoms with Crippen molar-refractivity contribution in [3.8, 4) is 5.69 Å². The fourth-order valence-corrected chi connectivity index (χ4v) is 4.09. The summed E-state index contributed by atoms with van der Waals surface area (Å²) in [7, 11) is 1.62. The number of aromatic nitrogens is 4. The molecule has 0 saturated carbocycles. The third-order valence-corrected chi connectivity index (χ3v) is 5.68. The summed E-state index contributed by atoms with van der Waals surface area (Å²) in [5, 5.41) is 9.17. The van der Waals surface area contributed by atoms with Gasteiger partial charge in [0.05, 0.1) is 21.8 Å². The number of piperazine rings is 1. The van der Waals surface area contributed by atoms with Crippen LogP contribution in [0.2, 0.25) is 5.02 Å². The summed E-state index contributed by atoms with van der Waals surface area (Å²) >= 11 is 6.46. The van der Waals surface area contributed by atoms with Crippen LogP contribution < -0.4 is 10.2 Å². The number of hydrogen-bond acceptors (Lipinski definition) is 6. The zero-order valence-electron chi connectivity index (χ0n) is 18.8. The molecule has 1 aromatic carbocycles. The number of rotatable bonds is 5. The van der Waals surface area contributed by atoms with Crippen molar-refractivity contribution in [2.45, 2.75) is 33.4 Å². The maximum absolute atomic E-state index is 12.4. The Balaban J connectivity index is 1.72. The standard InChI is InChI=1S/C22H28ClN7O2/c1-14(2)24-22(31)29-11-9-28(10-12-29)20-19-15(3)27-30(17-8-6-5-7-16(17)23)21(19)26-18(25-20)13-32-4/h5-8,14H,9-13H2,1-4H3,(H,24,31). The van der Waals surface area contributed by atoms with Crippen LogP contribution in [0.25, 0.3) is 16.7 Å². The van der Waals surface area contributed by atoms with Gasteiger partial charge in [-0.1, -0.05) is 23.7 Å². The number of ether oxygens (including phenoxy) is 1. The Labute approximate surface area is 192 Å². The molecular weight excluding hydrogens is 430 g/mol. The second kappa shape index (κ2) is 9.30. The fraction of sp³-hybridized carbons (Fsp3) is 0.455. The quantitative estimate of drug-likeness (QED) is 0.633. The lowest BCUT2D eigenvalue weighted by atomic mass is 10.2. The van der Waals surface area contributed by atoms with E-state index in [1.807, 2.05) is 49.9 Å². The van der Waals surface area contributed by atoms with Gasteiger partial charge in [-0.25, -0.2) is 19.4 Å². The van der Waals surface area contributed by atoms with Crippen molar-refractivity contribution in [3.63, 3.8) is 0 Å². The Morgan fingerprint density at radius 1 is 1.19 bits per heavy atom. The molecule has 2 amide bonds. The van der Waals surface area contributed by atoms with E-state index in [-0.39, 0.29) is 18.7 Å². The van der Waals surface area contributed by atoms with Crippen LogP contribution in [0.5, 0.6) is 0 Å². The van der Waals surface area contributed by atoms with Crippen molar-refractivity contribution in [2.24, 2.45) is 0 Å². The lowest BCUT2D eigenvalue weighted by Gasteiger charge is -2.36. The molecule has 0 aliphatic carbocycles. The first-order valence-electron chi connectivity index (χ1n) is 10.7. The Hall–Kier alpha value is -2.91. The van der Waals surface area contributed by atoms with E-state index in [4.69, 9.17) is 31.4 Å². The number of carbonyl (C=O) groups excluding carboxylic acids is 1. The number of fused-ring (bicyclic) bond motifs is 1. The number of nitrogens with one attached hydrogen (secondary N) is 1. The Bertz CT molecular complexity index is 1120. The molecule has 4 rings (SSSR count). The van der Waals surface area contributed by atoms with Gasteiger partial charge in [-0.15, -0.1) is 0 Å². The molecule has 1 N–H and O–H groups in total. The minimum Gasteiger partial charge on any atom is -0.377 e. The molecule has 9 nitrogen and oxygen atoms in total. The van der Waals surface area contributed by atoms with E-state index in [2.05, 4.69) is 10.2 Å². The first-order valence-corrected chi connectivity index (χ1v) is 11.1. The van der Waals surface area contributed by atoms with Crippen molar-refractivity contribution in [3.05, 3.63) is 40.8 Å².